The van der Waals surface area contributed by atoms with Crippen LogP contribution in [0, 0.1) is 11.3 Å². The maximum atomic E-state index is 13.5. The first kappa shape index (κ1) is 34.7. The predicted molar refractivity (Wildman–Crippen MR) is 197 cm³/mol. The number of nitrogens with one attached hydrogen (secondary N) is 1. The molecule has 0 bridgehead atoms. The summed E-state index contributed by atoms with van der Waals surface area (Å²) in [4.78, 5) is 11.9. The molecule has 0 aliphatic heterocycles. The molecule has 5 aromatic carbocycles. The third kappa shape index (κ3) is 7.51. The molecule has 0 amide bonds. The highest BCUT2D eigenvalue weighted by Gasteiger charge is 2.26. The highest BCUT2D eigenvalue weighted by molar-refractivity contribution is 7.89. The van der Waals surface area contributed by atoms with Crippen molar-refractivity contribution < 1.29 is 17.9 Å². The van der Waals surface area contributed by atoms with E-state index in [0.717, 1.165) is 51.7 Å². The zero-order chi connectivity index (χ0) is 35.1. The summed E-state index contributed by atoms with van der Waals surface area (Å²) in [6, 6.07) is 41.9. The summed E-state index contributed by atoms with van der Waals surface area (Å²) >= 11 is 6.64. The Labute approximate surface area is 297 Å². The van der Waals surface area contributed by atoms with Gasteiger partial charge in [-0.1, -0.05) is 96.5 Å². The number of sulfonamides is 1. The fraction of sp³-hybridized carbons (Fsp3) is 0.171. The summed E-state index contributed by atoms with van der Waals surface area (Å²) < 4.78 is 36.9. The van der Waals surface area contributed by atoms with E-state index >= 15 is 0 Å². The first-order valence-electron chi connectivity index (χ1n) is 16.4. The van der Waals surface area contributed by atoms with Crippen LogP contribution in [0.4, 0.5) is 0 Å². The number of nitrogens with zero attached hydrogens (tertiary/aromatic N) is 2. The van der Waals surface area contributed by atoms with Crippen LogP contribution in [-0.2, 0) is 34.0 Å². The number of aromatic nitrogens is 1. The molecule has 6 rings (SSSR count). The van der Waals surface area contributed by atoms with Gasteiger partial charge in [0.2, 0.25) is 10.0 Å². The lowest BCUT2D eigenvalue weighted by atomic mass is 9.97. The van der Waals surface area contributed by atoms with Crippen LogP contribution in [-0.4, -0.2) is 32.6 Å². The minimum atomic E-state index is -3.96. The lowest BCUT2D eigenvalue weighted by Gasteiger charge is -2.25. The van der Waals surface area contributed by atoms with Crippen molar-refractivity contribution in [3.8, 4) is 6.07 Å². The van der Waals surface area contributed by atoms with E-state index < -0.39 is 10.0 Å². The number of esters is 1. The van der Waals surface area contributed by atoms with Crippen LogP contribution in [0.2, 0.25) is 5.02 Å². The molecular formula is C41H36ClN3O4S. The van der Waals surface area contributed by atoms with Gasteiger partial charge in [0.25, 0.3) is 0 Å². The normalized spacial score (nSPS) is 11.5. The average Bonchev–Trinajstić information content (AvgIpc) is 3.43. The van der Waals surface area contributed by atoms with Gasteiger partial charge in [0.1, 0.15) is 6.07 Å². The van der Waals surface area contributed by atoms with Crippen molar-refractivity contribution in [2.75, 3.05) is 13.7 Å². The average molecular weight is 702 g/mol. The Morgan fingerprint density at radius 2 is 1.48 bits per heavy atom. The van der Waals surface area contributed by atoms with E-state index in [9.17, 15) is 18.5 Å². The van der Waals surface area contributed by atoms with Crippen LogP contribution in [0.25, 0.3) is 10.9 Å². The van der Waals surface area contributed by atoms with Crippen LogP contribution in [0.3, 0.4) is 0 Å². The molecule has 0 fully saturated rings. The topological polar surface area (TPSA) is 101 Å². The monoisotopic (exact) mass is 701 g/mol. The number of aryl methyl sites for hydroxylation is 2. The largest absolute Gasteiger partial charge is 0.465 e. The molecule has 0 aliphatic rings. The van der Waals surface area contributed by atoms with Crippen LogP contribution in [0.5, 0.6) is 0 Å². The van der Waals surface area contributed by atoms with Crippen LogP contribution >= 0.6 is 11.6 Å². The maximum Gasteiger partial charge on any atom is 0.337 e. The van der Waals surface area contributed by atoms with Gasteiger partial charge in [-0.2, -0.15) is 5.26 Å². The summed E-state index contributed by atoms with van der Waals surface area (Å²) in [5.74, 6) is -0.371. The number of hydrogen-bond donors (Lipinski definition) is 1. The van der Waals surface area contributed by atoms with Crippen molar-refractivity contribution in [2.24, 2.45) is 0 Å². The van der Waals surface area contributed by atoms with Crippen molar-refractivity contribution >= 4 is 38.5 Å². The van der Waals surface area contributed by atoms with Gasteiger partial charge >= 0.3 is 5.97 Å². The van der Waals surface area contributed by atoms with Gasteiger partial charge in [-0.05, 0) is 84.0 Å². The lowest BCUT2D eigenvalue weighted by molar-refractivity contribution is 0.0600. The molecule has 7 nitrogen and oxygen atoms in total. The highest BCUT2D eigenvalue weighted by atomic mass is 35.5. The molecule has 1 aromatic heterocycles. The predicted octanol–water partition coefficient (Wildman–Crippen LogP) is 8.29. The van der Waals surface area contributed by atoms with Gasteiger partial charge < -0.3 is 9.30 Å². The number of rotatable bonds is 13. The number of fused-ring (bicyclic) bond motifs is 1. The van der Waals surface area contributed by atoms with Crippen molar-refractivity contribution in [3.63, 3.8) is 0 Å². The Bertz CT molecular complexity index is 2220. The van der Waals surface area contributed by atoms with E-state index in [1.165, 1.54) is 19.2 Å². The number of halogens is 1. The minimum Gasteiger partial charge on any atom is -0.465 e. The lowest BCUT2D eigenvalue weighted by Crippen LogP contribution is -2.28. The number of hydrogen-bond acceptors (Lipinski definition) is 5. The van der Waals surface area contributed by atoms with Crippen LogP contribution < -0.4 is 4.72 Å². The number of ether oxygens (including phenoxy) is 1. The van der Waals surface area contributed by atoms with E-state index in [-0.39, 0.29) is 29.0 Å². The number of benzene rings is 5. The Balaban J connectivity index is 1.43. The first-order valence-corrected chi connectivity index (χ1v) is 18.2. The second-order valence-electron chi connectivity index (χ2n) is 12.0. The number of methoxy groups -OCH3 is 1. The van der Waals surface area contributed by atoms with Crippen molar-refractivity contribution in [3.05, 3.63) is 171 Å². The van der Waals surface area contributed by atoms with E-state index in [0.29, 0.717) is 23.4 Å². The molecule has 1 N–H and O–H groups in total. The molecule has 252 valence electrons. The SMILES string of the molecule is COC(=O)c1ccc(CCCc2c(CCNS(=O)(=O)c3ccccc3C#N)n(C(c3ccccc3)c3ccccc3)c3ccc(Cl)cc23)cc1. The molecule has 0 unspecified atom stereocenters. The zero-order valence-electron chi connectivity index (χ0n) is 27.6. The van der Waals surface area contributed by atoms with E-state index in [4.69, 9.17) is 16.3 Å². The fourth-order valence-electron chi connectivity index (χ4n) is 6.58. The van der Waals surface area contributed by atoms with Crippen molar-refractivity contribution in [1.82, 2.24) is 9.29 Å². The Morgan fingerprint density at radius 1 is 0.840 bits per heavy atom. The highest BCUT2D eigenvalue weighted by Crippen LogP contribution is 2.38. The molecule has 0 saturated heterocycles. The molecule has 1 heterocycles. The van der Waals surface area contributed by atoms with E-state index in [1.54, 1.807) is 24.3 Å². The summed E-state index contributed by atoms with van der Waals surface area (Å²) in [6.07, 6.45) is 2.67. The van der Waals surface area contributed by atoms with E-state index in [1.807, 2.05) is 72.8 Å². The molecule has 9 heteroatoms. The van der Waals surface area contributed by atoms with Gasteiger partial charge in [-0.15, -0.1) is 0 Å². The Kier molecular flexibility index (Phi) is 10.8. The van der Waals surface area contributed by atoms with E-state index in [2.05, 4.69) is 33.6 Å². The minimum absolute atomic E-state index is 0.0419. The van der Waals surface area contributed by atoms with Crippen LogP contribution in [0.15, 0.2) is 132 Å². The van der Waals surface area contributed by atoms with Gasteiger partial charge in [-0.3, -0.25) is 0 Å². The second-order valence-corrected chi connectivity index (χ2v) is 14.2. The standard InChI is InChI=1S/C41H36ClN3O4S/c1-49-41(46)32-21-19-29(20-22-32)11-10-17-35-36-27-34(42)23-24-37(36)45(40(30-12-4-2-5-13-30)31-14-6-3-7-15-31)38(35)25-26-44-50(47,48)39-18-9-8-16-33(39)28-43/h2-9,12-16,18-24,27,40,44H,10-11,17,25-26H2,1H3. The summed E-state index contributed by atoms with van der Waals surface area (Å²) in [5.41, 5.74) is 6.97. The van der Waals surface area contributed by atoms with Gasteiger partial charge in [0, 0.05) is 34.6 Å². The molecule has 0 spiro atoms. The zero-order valence-corrected chi connectivity index (χ0v) is 29.1. The third-order valence-corrected chi connectivity index (χ3v) is 10.6. The van der Waals surface area contributed by atoms with Crippen LogP contribution in [0.1, 0.15) is 56.3 Å². The number of carbonyl (C=O) groups excluding carboxylic acids is 1. The Hall–Kier alpha value is -5.20. The van der Waals surface area contributed by atoms with Gasteiger partial charge in [-0.25, -0.2) is 17.9 Å². The maximum absolute atomic E-state index is 13.5. The molecule has 0 atom stereocenters. The van der Waals surface area contributed by atoms with Crippen molar-refractivity contribution in [2.45, 2.75) is 36.6 Å². The molecule has 0 saturated carbocycles. The molecule has 6 aromatic rings. The fourth-order valence-corrected chi connectivity index (χ4v) is 7.94. The summed E-state index contributed by atoms with van der Waals surface area (Å²) in [6.45, 7) is 0.116. The van der Waals surface area contributed by atoms with Crippen molar-refractivity contribution in [1.29, 1.82) is 5.26 Å². The summed E-state index contributed by atoms with van der Waals surface area (Å²) in [5, 5.41) is 11.2. The van der Waals surface area contributed by atoms with Gasteiger partial charge in [0.15, 0.2) is 0 Å². The first-order chi connectivity index (χ1) is 24.3. The Morgan fingerprint density at radius 3 is 2.12 bits per heavy atom. The smallest absolute Gasteiger partial charge is 0.337 e. The number of nitriles is 1. The molecule has 0 radical (unpaired) electrons. The second kappa shape index (κ2) is 15.6. The molecule has 0 aliphatic carbocycles. The van der Waals surface area contributed by atoms with Gasteiger partial charge in [0.05, 0.1) is 29.2 Å². The third-order valence-electron chi connectivity index (χ3n) is 8.89. The summed E-state index contributed by atoms with van der Waals surface area (Å²) in [7, 11) is -2.59. The number of carbonyl (C=O) groups is 1. The molecular weight excluding hydrogens is 666 g/mol. The quantitative estimate of drug-likeness (QED) is 0.122. The molecule has 50 heavy (non-hydrogen) atoms.